The van der Waals surface area contributed by atoms with Crippen LogP contribution in [0.5, 0.6) is 0 Å². The summed E-state index contributed by atoms with van der Waals surface area (Å²) in [6.07, 6.45) is 1.84. The Balaban J connectivity index is 1.96. The predicted molar refractivity (Wildman–Crippen MR) is 77.9 cm³/mol. The van der Waals surface area contributed by atoms with Gasteiger partial charge in [-0.05, 0) is 38.7 Å². The van der Waals surface area contributed by atoms with Gasteiger partial charge in [-0.15, -0.1) is 0 Å². The third-order valence-corrected chi connectivity index (χ3v) is 3.47. The van der Waals surface area contributed by atoms with E-state index in [1.54, 1.807) is 0 Å². The Morgan fingerprint density at radius 2 is 2.00 bits per heavy atom. The molecule has 0 aliphatic rings. The molecule has 0 saturated heterocycles. The van der Waals surface area contributed by atoms with Gasteiger partial charge in [0.1, 0.15) is 5.82 Å². The van der Waals surface area contributed by atoms with Crippen molar-refractivity contribution < 1.29 is 4.39 Å². The van der Waals surface area contributed by atoms with E-state index in [9.17, 15) is 4.39 Å². The van der Waals surface area contributed by atoms with Gasteiger partial charge < -0.3 is 10.2 Å². The predicted octanol–water partition coefficient (Wildman–Crippen LogP) is 2.25. The van der Waals surface area contributed by atoms with Crippen LogP contribution in [0.1, 0.15) is 22.9 Å². The average Bonchev–Trinajstić information content (AvgIpc) is 2.81. The van der Waals surface area contributed by atoms with Crippen LogP contribution in [-0.4, -0.2) is 35.7 Å². The lowest BCUT2D eigenvalue weighted by atomic mass is 10.1. The van der Waals surface area contributed by atoms with Crippen molar-refractivity contribution in [3.8, 4) is 0 Å². The number of nitrogens with one attached hydrogen (secondary N) is 2. The maximum Gasteiger partial charge on any atom is 0.123 e. The highest BCUT2D eigenvalue weighted by molar-refractivity contribution is 5.20. The van der Waals surface area contributed by atoms with Crippen molar-refractivity contribution in [3.63, 3.8) is 0 Å². The van der Waals surface area contributed by atoms with Crippen LogP contribution in [0.3, 0.4) is 0 Å². The van der Waals surface area contributed by atoms with Crippen molar-refractivity contribution in [2.75, 3.05) is 20.6 Å². The van der Waals surface area contributed by atoms with Gasteiger partial charge in [0, 0.05) is 30.4 Å². The molecule has 2 N–H and O–H groups in total. The Morgan fingerprint density at radius 1 is 1.30 bits per heavy atom. The fraction of sp³-hybridized carbons (Fsp3) is 0.400. The molecule has 108 valence electrons. The summed E-state index contributed by atoms with van der Waals surface area (Å²) in [5, 5.41) is 10.4. The lowest BCUT2D eigenvalue weighted by molar-refractivity contribution is 0.288. The Kier molecular flexibility index (Phi) is 4.87. The number of aromatic nitrogens is 2. The lowest BCUT2D eigenvalue weighted by Crippen LogP contribution is -2.30. The summed E-state index contributed by atoms with van der Waals surface area (Å²) in [7, 11) is 4.05. The molecule has 1 atom stereocenters. The van der Waals surface area contributed by atoms with E-state index in [1.165, 1.54) is 17.7 Å². The number of rotatable bonds is 6. The highest BCUT2D eigenvalue weighted by atomic mass is 19.1. The molecule has 1 aromatic heterocycles. The number of hydrogen-bond acceptors (Lipinski definition) is 3. The first-order chi connectivity index (χ1) is 9.58. The van der Waals surface area contributed by atoms with Crippen molar-refractivity contribution >= 4 is 0 Å². The van der Waals surface area contributed by atoms with Crippen molar-refractivity contribution in [1.29, 1.82) is 0 Å². The minimum atomic E-state index is -0.201. The number of hydrogen-bond donors (Lipinski definition) is 2. The molecule has 0 unspecified atom stereocenters. The van der Waals surface area contributed by atoms with E-state index in [0.717, 1.165) is 24.3 Å². The zero-order valence-electron chi connectivity index (χ0n) is 12.2. The second-order valence-electron chi connectivity index (χ2n) is 5.18. The molecule has 5 heteroatoms. The highest BCUT2D eigenvalue weighted by Crippen LogP contribution is 2.18. The molecule has 0 fully saturated rings. The smallest absolute Gasteiger partial charge is 0.123 e. The molecule has 1 heterocycles. The molecule has 0 aliphatic carbocycles. The second-order valence-corrected chi connectivity index (χ2v) is 5.18. The maximum atomic E-state index is 13.0. The summed E-state index contributed by atoms with van der Waals surface area (Å²) < 4.78 is 13.0. The van der Waals surface area contributed by atoms with Gasteiger partial charge in [-0.2, -0.15) is 5.10 Å². The summed E-state index contributed by atoms with van der Waals surface area (Å²) >= 11 is 0. The molecule has 4 nitrogen and oxygen atoms in total. The number of aryl methyl sites for hydroxylation is 1. The third-order valence-electron chi connectivity index (χ3n) is 3.47. The van der Waals surface area contributed by atoms with Crippen LogP contribution in [0.25, 0.3) is 0 Å². The van der Waals surface area contributed by atoms with Gasteiger partial charge in [0.2, 0.25) is 0 Å². The van der Waals surface area contributed by atoms with Gasteiger partial charge >= 0.3 is 0 Å². The van der Waals surface area contributed by atoms with Crippen LogP contribution < -0.4 is 5.32 Å². The molecule has 2 rings (SSSR count). The van der Waals surface area contributed by atoms with Gasteiger partial charge in [-0.3, -0.25) is 5.10 Å². The van der Waals surface area contributed by atoms with Crippen LogP contribution in [-0.2, 0) is 6.54 Å². The number of halogens is 1. The van der Waals surface area contributed by atoms with Crippen LogP contribution in [0.4, 0.5) is 4.39 Å². The molecule has 20 heavy (non-hydrogen) atoms. The topological polar surface area (TPSA) is 44.0 Å². The maximum absolute atomic E-state index is 13.0. The zero-order valence-corrected chi connectivity index (χ0v) is 12.2. The standard InChI is InChI=1S/C15H21FN4/c1-11-13(9-18-19-11)8-17-10-15(20(2)3)12-4-6-14(16)7-5-12/h4-7,9,15,17H,8,10H2,1-3H3,(H,18,19)/t15-/m0/s1. The molecule has 0 bridgehead atoms. The van der Waals surface area contributed by atoms with E-state index in [0.29, 0.717) is 0 Å². The first-order valence-electron chi connectivity index (χ1n) is 6.69. The van der Waals surface area contributed by atoms with Gasteiger partial charge in [0.05, 0.1) is 6.20 Å². The molecule has 0 saturated carbocycles. The fourth-order valence-corrected chi connectivity index (χ4v) is 2.18. The molecular formula is C15H21FN4. The third kappa shape index (κ3) is 3.65. The molecule has 0 radical (unpaired) electrons. The van der Waals surface area contributed by atoms with Crippen LogP contribution >= 0.6 is 0 Å². The molecule has 1 aromatic carbocycles. The monoisotopic (exact) mass is 276 g/mol. The number of likely N-dealkylation sites (N-methyl/N-ethyl adjacent to an activating group) is 1. The first-order valence-corrected chi connectivity index (χ1v) is 6.69. The minimum Gasteiger partial charge on any atom is -0.311 e. The molecule has 0 amide bonds. The Bertz CT molecular complexity index is 533. The van der Waals surface area contributed by atoms with E-state index >= 15 is 0 Å². The van der Waals surface area contributed by atoms with Crippen LogP contribution in [0.15, 0.2) is 30.5 Å². The largest absolute Gasteiger partial charge is 0.311 e. The Hall–Kier alpha value is -1.72. The summed E-state index contributed by atoms with van der Waals surface area (Å²) in [5.41, 5.74) is 3.36. The van der Waals surface area contributed by atoms with E-state index < -0.39 is 0 Å². The second kappa shape index (κ2) is 6.63. The SMILES string of the molecule is Cc1[nH]ncc1CNC[C@@H](c1ccc(F)cc1)N(C)C. The molecular weight excluding hydrogens is 255 g/mol. The van der Waals surface area contributed by atoms with E-state index in [4.69, 9.17) is 0 Å². The van der Waals surface area contributed by atoms with Crippen molar-refractivity contribution in [2.45, 2.75) is 19.5 Å². The quantitative estimate of drug-likeness (QED) is 0.850. The summed E-state index contributed by atoms with van der Waals surface area (Å²) in [5.74, 6) is -0.201. The Labute approximate surface area is 119 Å². The van der Waals surface area contributed by atoms with Gasteiger partial charge in [0.15, 0.2) is 0 Å². The number of nitrogens with zero attached hydrogens (tertiary/aromatic N) is 2. The van der Waals surface area contributed by atoms with Gasteiger partial charge in [-0.1, -0.05) is 12.1 Å². The van der Waals surface area contributed by atoms with Gasteiger partial charge in [0.25, 0.3) is 0 Å². The van der Waals surface area contributed by atoms with Crippen molar-refractivity contribution in [1.82, 2.24) is 20.4 Å². The Morgan fingerprint density at radius 3 is 2.55 bits per heavy atom. The zero-order chi connectivity index (χ0) is 14.5. The molecule has 0 spiro atoms. The van der Waals surface area contributed by atoms with Crippen LogP contribution in [0, 0.1) is 12.7 Å². The lowest BCUT2D eigenvalue weighted by Gasteiger charge is -2.25. The summed E-state index contributed by atoms with van der Waals surface area (Å²) in [6.45, 7) is 3.57. The average molecular weight is 276 g/mol. The van der Waals surface area contributed by atoms with Crippen LogP contribution in [0.2, 0.25) is 0 Å². The minimum absolute atomic E-state index is 0.201. The van der Waals surface area contributed by atoms with E-state index in [1.807, 2.05) is 39.3 Å². The van der Waals surface area contributed by atoms with E-state index in [2.05, 4.69) is 20.4 Å². The number of H-pyrrole nitrogens is 1. The number of benzene rings is 1. The first kappa shape index (κ1) is 14.7. The molecule has 0 aliphatic heterocycles. The van der Waals surface area contributed by atoms with E-state index in [-0.39, 0.29) is 11.9 Å². The summed E-state index contributed by atoms with van der Waals surface area (Å²) in [4.78, 5) is 2.13. The van der Waals surface area contributed by atoms with Crippen molar-refractivity contribution in [3.05, 3.63) is 53.1 Å². The normalized spacial score (nSPS) is 12.8. The van der Waals surface area contributed by atoms with Gasteiger partial charge in [-0.25, -0.2) is 4.39 Å². The highest BCUT2D eigenvalue weighted by Gasteiger charge is 2.14. The fourth-order valence-electron chi connectivity index (χ4n) is 2.18. The number of aromatic amines is 1. The summed E-state index contributed by atoms with van der Waals surface area (Å²) in [6, 6.07) is 6.90. The molecule has 2 aromatic rings. The van der Waals surface area contributed by atoms with Crippen molar-refractivity contribution in [2.24, 2.45) is 0 Å².